The van der Waals surface area contributed by atoms with Gasteiger partial charge in [-0.1, -0.05) is 0 Å². The number of aryl methyl sites for hydroxylation is 3. The highest BCUT2D eigenvalue weighted by Gasteiger charge is 2.27. The minimum atomic E-state index is -3.87. The van der Waals surface area contributed by atoms with Crippen molar-refractivity contribution in [2.75, 3.05) is 0 Å². The lowest BCUT2D eigenvalue weighted by atomic mass is 10.0. The van der Waals surface area contributed by atoms with Crippen molar-refractivity contribution in [3.63, 3.8) is 0 Å². The highest BCUT2D eigenvalue weighted by molar-refractivity contribution is 7.91. The Hall–Kier alpha value is -2.01. The van der Waals surface area contributed by atoms with Gasteiger partial charge in [0.25, 0.3) is 0 Å². The van der Waals surface area contributed by atoms with Crippen molar-refractivity contribution in [3.8, 4) is 11.5 Å². The van der Waals surface area contributed by atoms with E-state index in [1.54, 1.807) is 20.8 Å². The van der Waals surface area contributed by atoms with E-state index in [1.807, 2.05) is 13.8 Å². The Kier molecular flexibility index (Phi) is 3.96. The van der Waals surface area contributed by atoms with Crippen LogP contribution in [0, 0.1) is 34.6 Å². The van der Waals surface area contributed by atoms with Gasteiger partial charge in [-0.25, -0.2) is 8.42 Å². The minimum Gasteiger partial charge on any atom is -0.508 e. The average molecular weight is 320 g/mol. The van der Waals surface area contributed by atoms with Crippen LogP contribution in [0.25, 0.3) is 0 Å². The molecule has 0 unspecified atom stereocenters. The van der Waals surface area contributed by atoms with Crippen LogP contribution in [0.3, 0.4) is 0 Å². The first-order chi connectivity index (χ1) is 10.1. The number of hydrogen-bond donors (Lipinski definition) is 2. The van der Waals surface area contributed by atoms with Crippen molar-refractivity contribution >= 4 is 9.84 Å². The molecule has 0 spiro atoms. The number of aromatic hydroxyl groups is 2. The first-order valence-corrected chi connectivity index (χ1v) is 8.40. The third kappa shape index (κ3) is 2.46. The van der Waals surface area contributed by atoms with Crippen LogP contribution in [-0.2, 0) is 9.84 Å². The maximum atomic E-state index is 13.0. The number of benzene rings is 2. The lowest BCUT2D eigenvalue weighted by Gasteiger charge is -2.16. The summed E-state index contributed by atoms with van der Waals surface area (Å²) in [6.07, 6.45) is 0. The Morgan fingerprint density at radius 2 is 1.27 bits per heavy atom. The van der Waals surface area contributed by atoms with E-state index < -0.39 is 9.84 Å². The highest BCUT2D eigenvalue weighted by atomic mass is 32.2. The van der Waals surface area contributed by atoms with E-state index in [0.29, 0.717) is 16.7 Å². The summed E-state index contributed by atoms with van der Waals surface area (Å²) in [5, 5.41) is 19.9. The Morgan fingerprint density at radius 1 is 0.773 bits per heavy atom. The molecule has 0 saturated carbocycles. The highest BCUT2D eigenvalue weighted by Crippen LogP contribution is 2.37. The summed E-state index contributed by atoms with van der Waals surface area (Å²) in [4.78, 5) is 0.0354. The molecular weight excluding hydrogens is 300 g/mol. The molecule has 0 radical (unpaired) electrons. The van der Waals surface area contributed by atoms with Crippen molar-refractivity contribution in [3.05, 3.63) is 46.0 Å². The van der Waals surface area contributed by atoms with Gasteiger partial charge < -0.3 is 10.2 Å². The smallest absolute Gasteiger partial charge is 0.210 e. The van der Waals surface area contributed by atoms with Gasteiger partial charge in [-0.15, -0.1) is 0 Å². The van der Waals surface area contributed by atoms with Gasteiger partial charge in [0.15, 0.2) is 0 Å². The van der Waals surface area contributed by atoms with Crippen molar-refractivity contribution in [1.82, 2.24) is 0 Å². The molecule has 0 aliphatic rings. The van der Waals surface area contributed by atoms with E-state index >= 15 is 0 Å². The summed E-state index contributed by atoms with van der Waals surface area (Å²) in [6, 6.07) is 4.31. The van der Waals surface area contributed by atoms with Crippen LogP contribution >= 0.6 is 0 Å². The molecule has 2 N–H and O–H groups in total. The summed E-state index contributed by atoms with van der Waals surface area (Å²) < 4.78 is 26.0. The van der Waals surface area contributed by atoms with Crippen molar-refractivity contribution in [2.24, 2.45) is 0 Å². The van der Waals surface area contributed by atoms with Gasteiger partial charge in [0.05, 0.1) is 4.90 Å². The van der Waals surface area contributed by atoms with Gasteiger partial charge >= 0.3 is 0 Å². The Bertz CT molecular complexity index is 842. The van der Waals surface area contributed by atoms with E-state index in [4.69, 9.17) is 0 Å². The number of sulfone groups is 1. The molecule has 2 aromatic rings. The largest absolute Gasteiger partial charge is 0.508 e. The lowest BCUT2D eigenvalue weighted by molar-refractivity contribution is 0.453. The number of hydrogen-bond acceptors (Lipinski definition) is 4. The average Bonchev–Trinajstić information content (AvgIpc) is 2.38. The third-order valence-electron chi connectivity index (χ3n) is 4.09. The molecule has 0 heterocycles. The Morgan fingerprint density at radius 3 is 1.77 bits per heavy atom. The topological polar surface area (TPSA) is 74.6 Å². The first kappa shape index (κ1) is 16.4. The Balaban J connectivity index is 2.83. The second kappa shape index (κ2) is 5.32. The van der Waals surface area contributed by atoms with Crippen molar-refractivity contribution in [2.45, 2.75) is 44.4 Å². The molecular formula is C17H20O4S. The standard InChI is InChI=1S/C17H20O4S/c1-9-8-15(16(19)13(5)12(9)4)22(20,21)17-10(2)6-14(18)7-11(17)3/h6-8,18-19H,1-5H3. The van der Waals surface area contributed by atoms with Crippen LogP contribution in [0.1, 0.15) is 27.8 Å². The van der Waals surface area contributed by atoms with Gasteiger partial charge in [-0.05, 0) is 80.6 Å². The van der Waals surface area contributed by atoms with Gasteiger partial charge in [0, 0.05) is 0 Å². The molecule has 5 heteroatoms. The van der Waals surface area contributed by atoms with Gasteiger partial charge in [0.2, 0.25) is 9.84 Å². The number of phenolic OH excluding ortho intramolecular Hbond substituents is 2. The fourth-order valence-electron chi connectivity index (χ4n) is 2.70. The lowest BCUT2D eigenvalue weighted by Crippen LogP contribution is -2.08. The van der Waals surface area contributed by atoms with Crippen LogP contribution in [0.2, 0.25) is 0 Å². The third-order valence-corrected chi connectivity index (χ3v) is 6.17. The normalized spacial score (nSPS) is 11.7. The zero-order valence-corrected chi connectivity index (χ0v) is 14.2. The molecule has 0 amide bonds. The first-order valence-electron chi connectivity index (χ1n) is 6.92. The molecule has 0 saturated heterocycles. The Labute approximate surface area is 131 Å². The molecule has 0 fully saturated rings. The summed E-state index contributed by atoms with van der Waals surface area (Å²) in [5.41, 5.74) is 3.15. The molecule has 0 bridgehead atoms. The van der Waals surface area contributed by atoms with Crippen molar-refractivity contribution < 1.29 is 18.6 Å². The number of phenols is 2. The van der Waals surface area contributed by atoms with E-state index in [1.165, 1.54) is 18.2 Å². The monoisotopic (exact) mass is 320 g/mol. The van der Waals surface area contributed by atoms with Crippen molar-refractivity contribution in [1.29, 1.82) is 0 Å². The van der Waals surface area contributed by atoms with E-state index in [9.17, 15) is 18.6 Å². The van der Waals surface area contributed by atoms with Crippen LogP contribution in [0.15, 0.2) is 28.0 Å². The van der Waals surface area contributed by atoms with Crippen LogP contribution in [-0.4, -0.2) is 18.6 Å². The predicted molar refractivity (Wildman–Crippen MR) is 85.4 cm³/mol. The van der Waals surface area contributed by atoms with E-state index in [-0.39, 0.29) is 21.3 Å². The molecule has 0 atom stereocenters. The molecule has 118 valence electrons. The van der Waals surface area contributed by atoms with Gasteiger partial charge in [-0.2, -0.15) is 0 Å². The van der Waals surface area contributed by atoms with Crippen LogP contribution in [0.4, 0.5) is 0 Å². The fourth-order valence-corrected chi connectivity index (χ4v) is 4.62. The molecule has 0 aliphatic carbocycles. The van der Waals surface area contributed by atoms with E-state index in [2.05, 4.69) is 0 Å². The van der Waals surface area contributed by atoms with Gasteiger partial charge in [-0.3, -0.25) is 0 Å². The molecule has 22 heavy (non-hydrogen) atoms. The van der Waals surface area contributed by atoms with E-state index in [0.717, 1.165) is 11.1 Å². The molecule has 2 aromatic carbocycles. The summed E-state index contributed by atoms with van der Waals surface area (Å²) in [5.74, 6) is -0.190. The predicted octanol–water partition coefficient (Wildman–Crippen LogP) is 3.47. The maximum absolute atomic E-state index is 13.0. The molecule has 4 nitrogen and oxygen atoms in total. The summed E-state index contributed by atoms with van der Waals surface area (Å²) in [7, 11) is -3.87. The van der Waals surface area contributed by atoms with Gasteiger partial charge in [0.1, 0.15) is 16.4 Å². The quantitative estimate of drug-likeness (QED) is 0.888. The van der Waals surface area contributed by atoms with Crippen LogP contribution in [0.5, 0.6) is 11.5 Å². The minimum absolute atomic E-state index is 0.0226. The summed E-state index contributed by atoms with van der Waals surface area (Å²) >= 11 is 0. The summed E-state index contributed by atoms with van der Waals surface area (Å²) in [6.45, 7) is 8.62. The van der Waals surface area contributed by atoms with Crippen LogP contribution < -0.4 is 0 Å². The molecule has 2 rings (SSSR count). The number of rotatable bonds is 2. The fraction of sp³-hybridized carbons (Fsp3) is 0.294. The molecule has 0 aliphatic heterocycles. The maximum Gasteiger partial charge on any atom is 0.210 e. The zero-order valence-electron chi connectivity index (χ0n) is 13.4. The second-order valence-electron chi connectivity index (χ2n) is 5.70. The second-order valence-corrected chi connectivity index (χ2v) is 7.56. The SMILES string of the molecule is Cc1cc(S(=O)(=O)c2c(C)cc(O)cc2C)c(O)c(C)c1C. The zero-order chi connectivity index (χ0) is 16.8. The molecule has 0 aromatic heterocycles.